The molecule has 0 bridgehead atoms. The minimum atomic E-state index is -3.51. The van der Waals surface area contributed by atoms with Crippen molar-refractivity contribution in [2.45, 2.75) is 44.3 Å². The summed E-state index contributed by atoms with van der Waals surface area (Å²) in [5.41, 5.74) is 2.68. The molecule has 0 saturated heterocycles. The highest BCUT2D eigenvalue weighted by Gasteiger charge is 2.66. The smallest absolute Gasteiger partial charge is 0.315 e. The summed E-state index contributed by atoms with van der Waals surface area (Å²) >= 11 is 6.17. The lowest BCUT2D eigenvalue weighted by molar-refractivity contribution is -0.207. The second-order valence-electron chi connectivity index (χ2n) is 7.29. The first-order chi connectivity index (χ1) is 12.5. The molecule has 1 heterocycles. The molecule has 0 amide bonds. The largest absolute Gasteiger partial charge is 0.453 e. The van der Waals surface area contributed by atoms with Gasteiger partial charge in [-0.15, -0.1) is 0 Å². The SMILES string of the molecule is CC1(C)OC(N)=N[C@](C)(c2cc(Cc3ccccc3Cl)ccc2F)C1(F)F. The fourth-order valence-corrected chi connectivity index (χ4v) is 3.57. The van der Waals surface area contributed by atoms with Gasteiger partial charge in [0, 0.05) is 10.6 Å². The molecule has 2 aromatic rings. The summed E-state index contributed by atoms with van der Waals surface area (Å²) in [5.74, 6) is -4.29. The molecule has 1 atom stereocenters. The Hall–Kier alpha value is -2.21. The van der Waals surface area contributed by atoms with Crippen LogP contribution in [0, 0.1) is 5.82 Å². The minimum Gasteiger partial charge on any atom is -0.453 e. The Morgan fingerprint density at radius 3 is 2.44 bits per heavy atom. The maximum Gasteiger partial charge on any atom is 0.315 e. The van der Waals surface area contributed by atoms with Crippen molar-refractivity contribution in [3.05, 3.63) is 70.0 Å². The first-order valence-corrected chi connectivity index (χ1v) is 8.80. The number of amidine groups is 1. The van der Waals surface area contributed by atoms with Crippen LogP contribution in [-0.2, 0) is 16.7 Å². The Balaban J connectivity index is 2.11. The molecule has 0 fully saturated rings. The molecule has 0 unspecified atom stereocenters. The molecule has 2 aromatic carbocycles. The van der Waals surface area contributed by atoms with Crippen molar-refractivity contribution in [2.75, 3.05) is 0 Å². The van der Waals surface area contributed by atoms with Gasteiger partial charge < -0.3 is 10.5 Å². The van der Waals surface area contributed by atoms with Gasteiger partial charge in [-0.25, -0.2) is 9.38 Å². The highest BCUT2D eigenvalue weighted by atomic mass is 35.5. The third kappa shape index (κ3) is 3.16. The van der Waals surface area contributed by atoms with Gasteiger partial charge >= 0.3 is 5.92 Å². The molecular formula is C20H20ClF3N2O. The van der Waals surface area contributed by atoms with Crippen LogP contribution in [0.25, 0.3) is 0 Å². The van der Waals surface area contributed by atoms with Crippen molar-refractivity contribution in [1.29, 1.82) is 0 Å². The summed E-state index contributed by atoms with van der Waals surface area (Å²) in [4.78, 5) is 3.82. The van der Waals surface area contributed by atoms with Crippen molar-refractivity contribution in [3.63, 3.8) is 0 Å². The number of hydrogen-bond donors (Lipinski definition) is 1. The fourth-order valence-electron chi connectivity index (χ4n) is 3.37. The van der Waals surface area contributed by atoms with E-state index in [4.69, 9.17) is 22.1 Å². The summed E-state index contributed by atoms with van der Waals surface area (Å²) in [6, 6.07) is 10.9. The minimum absolute atomic E-state index is 0.239. The van der Waals surface area contributed by atoms with E-state index >= 15 is 8.78 Å². The number of alkyl halides is 2. The number of rotatable bonds is 3. The van der Waals surface area contributed by atoms with Gasteiger partial charge in [0.1, 0.15) is 5.82 Å². The number of nitrogens with two attached hydrogens (primary N) is 1. The van der Waals surface area contributed by atoms with Gasteiger partial charge in [0.15, 0.2) is 11.1 Å². The monoisotopic (exact) mass is 396 g/mol. The Kier molecular flexibility index (Phi) is 4.67. The molecule has 0 spiro atoms. The van der Waals surface area contributed by atoms with Gasteiger partial charge in [-0.2, -0.15) is 8.78 Å². The Morgan fingerprint density at radius 2 is 1.78 bits per heavy atom. The van der Waals surface area contributed by atoms with Crippen LogP contribution in [0.1, 0.15) is 37.5 Å². The van der Waals surface area contributed by atoms with Crippen LogP contribution in [0.3, 0.4) is 0 Å². The van der Waals surface area contributed by atoms with E-state index in [0.717, 1.165) is 11.6 Å². The van der Waals surface area contributed by atoms with E-state index in [1.54, 1.807) is 18.2 Å². The van der Waals surface area contributed by atoms with Gasteiger partial charge in [-0.05, 0) is 56.5 Å². The van der Waals surface area contributed by atoms with E-state index in [-0.39, 0.29) is 5.56 Å². The standard InChI is InChI=1S/C20H20ClF3N2O/c1-18(2)20(23,24)19(3,26-17(25)27-18)14-11-12(8-9-16(14)22)10-13-6-4-5-7-15(13)21/h4-9,11H,10H2,1-3H3,(H2,25,26)/t19-/m1/s1. The third-order valence-electron chi connectivity index (χ3n) is 4.97. The zero-order valence-electron chi connectivity index (χ0n) is 15.2. The van der Waals surface area contributed by atoms with E-state index in [1.807, 2.05) is 12.1 Å². The molecule has 1 aliphatic heterocycles. The molecular weight excluding hydrogens is 377 g/mol. The van der Waals surface area contributed by atoms with Crippen molar-refractivity contribution >= 4 is 17.6 Å². The zero-order valence-corrected chi connectivity index (χ0v) is 15.9. The number of hydrogen-bond acceptors (Lipinski definition) is 3. The van der Waals surface area contributed by atoms with Gasteiger partial charge in [0.25, 0.3) is 6.02 Å². The van der Waals surface area contributed by atoms with Crippen LogP contribution < -0.4 is 5.73 Å². The van der Waals surface area contributed by atoms with Crippen molar-refractivity contribution in [1.82, 2.24) is 0 Å². The van der Waals surface area contributed by atoms with Crippen molar-refractivity contribution in [3.8, 4) is 0 Å². The molecule has 1 aliphatic rings. The first kappa shape index (κ1) is 19.5. The molecule has 3 nitrogen and oxygen atoms in total. The quantitative estimate of drug-likeness (QED) is 0.789. The molecule has 3 rings (SSSR count). The molecule has 27 heavy (non-hydrogen) atoms. The molecule has 2 N–H and O–H groups in total. The number of nitrogens with zero attached hydrogens (tertiary/aromatic N) is 1. The number of benzene rings is 2. The maximum atomic E-state index is 15.2. The van der Waals surface area contributed by atoms with Crippen LogP contribution in [0.15, 0.2) is 47.5 Å². The summed E-state index contributed by atoms with van der Waals surface area (Å²) in [7, 11) is 0. The van der Waals surface area contributed by atoms with Gasteiger partial charge in [0.05, 0.1) is 0 Å². The summed E-state index contributed by atoms with van der Waals surface area (Å²) < 4.78 is 50.1. The highest BCUT2D eigenvalue weighted by Crippen LogP contribution is 2.51. The lowest BCUT2D eigenvalue weighted by Gasteiger charge is -2.46. The molecule has 0 aromatic heterocycles. The molecule has 144 valence electrons. The Bertz CT molecular complexity index is 914. The van der Waals surface area contributed by atoms with E-state index in [1.165, 1.54) is 26.8 Å². The van der Waals surface area contributed by atoms with Crippen molar-refractivity contribution in [2.24, 2.45) is 10.7 Å². The fraction of sp³-hybridized carbons (Fsp3) is 0.350. The predicted octanol–water partition coefficient (Wildman–Crippen LogP) is 5.04. The van der Waals surface area contributed by atoms with Crippen LogP contribution in [-0.4, -0.2) is 17.5 Å². The van der Waals surface area contributed by atoms with Crippen LogP contribution in [0.2, 0.25) is 5.02 Å². The van der Waals surface area contributed by atoms with E-state index < -0.39 is 28.9 Å². The van der Waals surface area contributed by atoms with Gasteiger partial charge in [0.2, 0.25) is 0 Å². The lowest BCUT2D eigenvalue weighted by Crippen LogP contribution is -2.62. The van der Waals surface area contributed by atoms with Crippen LogP contribution in [0.4, 0.5) is 13.2 Å². The van der Waals surface area contributed by atoms with E-state index in [0.29, 0.717) is 17.0 Å². The first-order valence-electron chi connectivity index (χ1n) is 8.42. The number of aliphatic imine (C=N–C) groups is 1. The Morgan fingerprint density at radius 1 is 1.11 bits per heavy atom. The maximum absolute atomic E-state index is 15.2. The Labute approximate surface area is 161 Å². The third-order valence-corrected chi connectivity index (χ3v) is 5.34. The molecule has 0 aliphatic carbocycles. The molecule has 7 heteroatoms. The summed E-state index contributed by atoms with van der Waals surface area (Å²) in [6.45, 7) is 3.58. The second-order valence-corrected chi connectivity index (χ2v) is 7.70. The lowest BCUT2D eigenvalue weighted by atomic mass is 9.76. The number of ether oxygens (including phenoxy) is 1. The summed E-state index contributed by atoms with van der Waals surface area (Å²) in [5, 5.41) is 0.550. The molecule has 0 saturated carbocycles. The van der Waals surface area contributed by atoms with E-state index in [2.05, 4.69) is 4.99 Å². The normalized spacial score (nSPS) is 23.4. The van der Waals surface area contributed by atoms with E-state index in [9.17, 15) is 4.39 Å². The second kappa shape index (κ2) is 6.44. The highest BCUT2D eigenvalue weighted by molar-refractivity contribution is 6.31. The average molecular weight is 397 g/mol. The molecule has 0 radical (unpaired) electrons. The van der Waals surface area contributed by atoms with Gasteiger partial charge in [-0.1, -0.05) is 35.9 Å². The van der Waals surface area contributed by atoms with Crippen LogP contribution in [0.5, 0.6) is 0 Å². The average Bonchev–Trinajstić information content (AvgIpc) is 2.56. The van der Waals surface area contributed by atoms with Crippen LogP contribution >= 0.6 is 11.6 Å². The van der Waals surface area contributed by atoms with Gasteiger partial charge in [-0.3, -0.25) is 0 Å². The topological polar surface area (TPSA) is 47.6 Å². The number of halogens is 4. The summed E-state index contributed by atoms with van der Waals surface area (Å²) in [6.07, 6.45) is 0.369. The predicted molar refractivity (Wildman–Crippen MR) is 99.7 cm³/mol. The zero-order chi connectivity index (χ0) is 20.0. The van der Waals surface area contributed by atoms with Crippen molar-refractivity contribution < 1.29 is 17.9 Å².